The van der Waals surface area contributed by atoms with Gasteiger partial charge >= 0.3 is 12.1 Å². The Morgan fingerprint density at radius 1 is 1.32 bits per heavy atom. The Labute approximate surface area is 115 Å². The van der Waals surface area contributed by atoms with Crippen molar-refractivity contribution in [1.82, 2.24) is 0 Å². The average Bonchev–Trinajstić information content (AvgIpc) is 2.88. The number of hydrogen-bond acceptors (Lipinski definition) is 1. The molecule has 1 aliphatic rings. The quantitative estimate of drug-likeness (QED) is 0.625. The molecule has 0 spiro atoms. The molecule has 0 saturated heterocycles. The molecule has 0 amide bonds. The number of carboxylic acid groups (broad SMARTS) is 1. The summed E-state index contributed by atoms with van der Waals surface area (Å²) in [4.78, 5) is 10.0. The molecule has 1 aliphatic carbocycles. The number of alkyl halides is 5. The molecule has 0 heterocycles. The molecule has 106 valence electrons. The summed E-state index contributed by atoms with van der Waals surface area (Å²) < 4.78 is 46.8. The van der Waals surface area contributed by atoms with Crippen LogP contribution in [0.1, 0.15) is 12.0 Å². The molecular weight excluding hydrogens is 311 g/mol. The van der Waals surface area contributed by atoms with Crippen LogP contribution in [0.2, 0.25) is 0 Å². The number of aliphatic carboxylic acids is 1. The van der Waals surface area contributed by atoms with Crippen LogP contribution in [0.5, 0.6) is 0 Å². The van der Waals surface area contributed by atoms with Gasteiger partial charge < -0.3 is 5.11 Å². The largest absolute Gasteiger partial charge is 0.481 e. The first-order valence-electron chi connectivity index (χ1n) is 4.98. The third-order valence-corrected chi connectivity index (χ3v) is 3.14. The summed E-state index contributed by atoms with van der Waals surface area (Å²) in [6, 6.07) is 3.84. The number of rotatable bonds is 1. The molecule has 1 N–H and O–H groups in total. The van der Waals surface area contributed by atoms with Crippen molar-refractivity contribution < 1.29 is 27.5 Å². The van der Waals surface area contributed by atoms with Gasteiger partial charge in [0.25, 0.3) is 0 Å². The monoisotopic (exact) mass is 318 g/mol. The van der Waals surface area contributed by atoms with E-state index in [2.05, 4.69) is 0 Å². The fourth-order valence-corrected chi connectivity index (χ4v) is 1.67. The summed E-state index contributed by atoms with van der Waals surface area (Å²) in [5.41, 5.74) is -1.22. The van der Waals surface area contributed by atoms with E-state index in [-0.39, 0.29) is 0 Å². The second-order valence-corrected chi connectivity index (χ2v) is 5.38. The summed E-state index contributed by atoms with van der Waals surface area (Å²) in [6.45, 7) is 0. The lowest BCUT2D eigenvalue weighted by Crippen LogP contribution is -2.07. The summed E-state index contributed by atoms with van der Waals surface area (Å²) >= 11 is 10.8. The van der Waals surface area contributed by atoms with Crippen molar-refractivity contribution in [1.29, 1.82) is 0 Å². The average molecular weight is 319 g/mol. The normalized spacial score (nSPS) is 20.2. The fourth-order valence-electron chi connectivity index (χ4n) is 1.17. The molecule has 1 atom stereocenters. The summed E-state index contributed by atoms with van der Waals surface area (Å²) in [7, 11) is 0. The number of benzene rings is 1. The van der Waals surface area contributed by atoms with Gasteiger partial charge in [-0.2, -0.15) is 13.2 Å². The van der Waals surface area contributed by atoms with Crippen LogP contribution in [0.15, 0.2) is 24.3 Å². The summed E-state index contributed by atoms with van der Waals surface area (Å²) in [6.07, 6.45) is -4.21. The van der Waals surface area contributed by atoms with Crippen LogP contribution in [-0.4, -0.2) is 15.4 Å². The maximum atomic E-state index is 12.4. The van der Waals surface area contributed by atoms with E-state index in [1.54, 1.807) is 0 Å². The van der Waals surface area contributed by atoms with Crippen molar-refractivity contribution >= 4 is 29.2 Å². The van der Waals surface area contributed by atoms with Gasteiger partial charge in [-0.25, -0.2) is 4.39 Å². The van der Waals surface area contributed by atoms with Gasteiger partial charge in [0, 0.05) is 0 Å². The van der Waals surface area contributed by atoms with Crippen molar-refractivity contribution in [3.63, 3.8) is 0 Å². The van der Waals surface area contributed by atoms with E-state index < -0.39 is 33.8 Å². The van der Waals surface area contributed by atoms with E-state index in [0.717, 1.165) is 12.1 Å². The van der Waals surface area contributed by atoms with E-state index in [4.69, 9.17) is 28.3 Å². The highest BCUT2D eigenvalue weighted by molar-refractivity contribution is 6.52. The van der Waals surface area contributed by atoms with Gasteiger partial charge in [-0.3, -0.25) is 4.79 Å². The predicted octanol–water partition coefficient (Wildman–Crippen LogP) is 4.11. The highest BCUT2D eigenvalue weighted by Gasteiger charge is 2.56. The SMILES string of the molecule is Fc1ccccc1C(F)(F)F.O=C(O)C1CC1(Cl)Cl. The lowest BCUT2D eigenvalue weighted by Gasteiger charge is -2.05. The molecule has 0 bridgehead atoms. The Hall–Kier alpha value is -1.01. The second kappa shape index (κ2) is 5.54. The smallest absolute Gasteiger partial charge is 0.419 e. The maximum Gasteiger partial charge on any atom is 0.419 e. The van der Waals surface area contributed by atoms with Gasteiger partial charge in [-0.15, -0.1) is 23.2 Å². The Kier molecular flexibility index (Phi) is 4.68. The van der Waals surface area contributed by atoms with Crippen molar-refractivity contribution in [2.24, 2.45) is 5.92 Å². The summed E-state index contributed by atoms with van der Waals surface area (Å²) in [5.74, 6) is -2.68. The lowest BCUT2D eigenvalue weighted by atomic mass is 10.2. The molecular formula is C11H8Cl2F4O2. The van der Waals surface area contributed by atoms with Gasteiger partial charge in [-0.05, 0) is 18.6 Å². The van der Waals surface area contributed by atoms with E-state index in [9.17, 15) is 22.4 Å². The van der Waals surface area contributed by atoms with E-state index in [1.807, 2.05) is 0 Å². The third-order valence-electron chi connectivity index (χ3n) is 2.30. The Balaban J connectivity index is 0.000000200. The van der Waals surface area contributed by atoms with Crippen molar-refractivity contribution in [3.05, 3.63) is 35.6 Å². The Bertz CT molecular complexity index is 474. The molecule has 19 heavy (non-hydrogen) atoms. The van der Waals surface area contributed by atoms with Crippen molar-refractivity contribution in [3.8, 4) is 0 Å². The second-order valence-electron chi connectivity index (χ2n) is 3.83. The predicted molar refractivity (Wildman–Crippen MR) is 61.6 cm³/mol. The van der Waals surface area contributed by atoms with Crippen molar-refractivity contribution in [2.75, 3.05) is 0 Å². The Morgan fingerprint density at radius 3 is 2.00 bits per heavy atom. The van der Waals surface area contributed by atoms with Gasteiger partial charge in [0.2, 0.25) is 0 Å². The van der Waals surface area contributed by atoms with E-state index in [1.165, 1.54) is 6.07 Å². The maximum absolute atomic E-state index is 12.4. The standard InChI is InChI=1S/C7H4F4.C4H4Cl2O2/c8-6-4-2-1-3-5(6)7(9,10)11;5-4(6)1-2(4)3(7)8/h1-4H;2H,1H2,(H,7,8). The van der Waals surface area contributed by atoms with Crippen LogP contribution in [0, 0.1) is 11.7 Å². The van der Waals surface area contributed by atoms with Gasteiger partial charge in [0.05, 0.1) is 11.5 Å². The molecule has 1 fully saturated rings. The number of carboxylic acids is 1. The molecule has 1 unspecified atom stereocenters. The zero-order valence-corrected chi connectivity index (χ0v) is 10.7. The zero-order valence-electron chi connectivity index (χ0n) is 9.22. The molecule has 1 aromatic rings. The van der Waals surface area contributed by atoms with Crippen LogP contribution in [0.4, 0.5) is 17.6 Å². The molecule has 2 rings (SSSR count). The number of halogens is 6. The molecule has 0 aromatic heterocycles. The van der Waals surface area contributed by atoms with Crippen molar-refractivity contribution in [2.45, 2.75) is 16.9 Å². The van der Waals surface area contributed by atoms with Gasteiger partial charge in [0.15, 0.2) is 0 Å². The topological polar surface area (TPSA) is 37.3 Å². The molecule has 2 nitrogen and oxygen atoms in total. The molecule has 0 aliphatic heterocycles. The van der Waals surface area contributed by atoms with Crippen LogP contribution in [0.3, 0.4) is 0 Å². The van der Waals surface area contributed by atoms with Crippen LogP contribution < -0.4 is 0 Å². The van der Waals surface area contributed by atoms with Crippen LogP contribution in [0.25, 0.3) is 0 Å². The van der Waals surface area contributed by atoms with Gasteiger partial charge in [0.1, 0.15) is 10.2 Å². The first-order chi connectivity index (χ1) is 8.55. The molecule has 0 radical (unpaired) electrons. The zero-order chi connectivity index (χ0) is 14.8. The highest BCUT2D eigenvalue weighted by atomic mass is 35.5. The molecule has 1 saturated carbocycles. The fraction of sp³-hybridized carbons (Fsp3) is 0.364. The number of carbonyl (C=O) groups is 1. The number of hydrogen-bond donors (Lipinski definition) is 1. The third kappa shape index (κ3) is 4.54. The van der Waals surface area contributed by atoms with E-state index >= 15 is 0 Å². The minimum absolute atomic E-state index is 0.380. The minimum Gasteiger partial charge on any atom is -0.481 e. The first-order valence-corrected chi connectivity index (χ1v) is 5.73. The van der Waals surface area contributed by atoms with Crippen LogP contribution in [-0.2, 0) is 11.0 Å². The lowest BCUT2D eigenvalue weighted by molar-refractivity contribution is -0.140. The van der Waals surface area contributed by atoms with E-state index in [0.29, 0.717) is 12.5 Å². The van der Waals surface area contributed by atoms with Crippen LogP contribution >= 0.6 is 23.2 Å². The molecule has 8 heteroatoms. The summed E-state index contributed by atoms with van der Waals surface area (Å²) in [5, 5.41) is 8.22. The molecule has 1 aromatic carbocycles. The first kappa shape index (κ1) is 16.0. The highest BCUT2D eigenvalue weighted by Crippen LogP contribution is 2.53. The minimum atomic E-state index is -4.59. The van der Waals surface area contributed by atoms with Gasteiger partial charge in [-0.1, -0.05) is 12.1 Å². The Morgan fingerprint density at radius 2 is 1.79 bits per heavy atom.